The van der Waals surface area contributed by atoms with E-state index in [1.165, 1.54) is 81.5 Å². The Kier molecular flexibility index (Phi) is 9.75. The summed E-state index contributed by atoms with van der Waals surface area (Å²) < 4.78 is 0. The Morgan fingerprint density at radius 3 is 1.59 bits per heavy atom. The monoisotopic (exact) mass is 746 g/mol. The summed E-state index contributed by atoms with van der Waals surface area (Å²) in [5.74, 6) is 0.654. The van der Waals surface area contributed by atoms with Gasteiger partial charge in [0.1, 0.15) is 0 Å². The third-order valence-corrected chi connectivity index (χ3v) is 12.0. The van der Waals surface area contributed by atoms with Crippen molar-refractivity contribution in [1.29, 1.82) is 0 Å². The fourth-order valence-electron chi connectivity index (χ4n) is 9.08. The molecule has 10 rings (SSSR count). The molecule has 280 valence electrons. The van der Waals surface area contributed by atoms with Crippen LogP contribution in [-0.4, -0.2) is 0 Å². The Balaban J connectivity index is 1.15. The molecule has 9 aromatic rings. The Morgan fingerprint density at radius 2 is 0.862 bits per heavy atom. The maximum atomic E-state index is 2.45. The lowest BCUT2D eigenvalue weighted by atomic mass is 9.84. The molecular formula is C56H46N2. The molecule has 1 saturated carbocycles. The normalized spacial score (nSPS) is 13.1. The average molecular weight is 747 g/mol. The number of nitrogens with zero attached hydrogens (tertiary/aromatic N) is 2. The first-order valence-corrected chi connectivity index (χ1v) is 20.8. The molecule has 1 aliphatic carbocycles. The van der Waals surface area contributed by atoms with Crippen molar-refractivity contribution in [3.63, 3.8) is 0 Å². The van der Waals surface area contributed by atoms with E-state index in [2.05, 4.69) is 222 Å². The van der Waals surface area contributed by atoms with Crippen LogP contribution in [0.15, 0.2) is 212 Å². The van der Waals surface area contributed by atoms with Gasteiger partial charge in [-0.2, -0.15) is 0 Å². The van der Waals surface area contributed by atoms with Crippen LogP contribution in [0.25, 0.3) is 43.8 Å². The van der Waals surface area contributed by atoms with E-state index >= 15 is 0 Å². The Labute approximate surface area is 342 Å². The highest BCUT2D eigenvalue weighted by atomic mass is 15.2. The predicted octanol–water partition coefficient (Wildman–Crippen LogP) is 16.3. The van der Waals surface area contributed by atoms with Gasteiger partial charge in [0, 0.05) is 34.0 Å². The zero-order chi connectivity index (χ0) is 38.7. The van der Waals surface area contributed by atoms with Gasteiger partial charge >= 0.3 is 0 Å². The molecule has 0 bridgehead atoms. The summed E-state index contributed by atoms with van der Waals surface area (Å²) >= 11 is 0. The highest BCUT2D eigenvalue weighted by Crippen LogP contribution is 2.47. The average Bonchev–Trinajstić information content (AvgIpc) is 3.30. The van der Waals surface area contributed by atoms with Crippen molar-refractivity contribution < 1.29 is 0 Å². The van der Waals surface area contributed by atoms with Crippen molar-refractivity contribution in [2.24, 2.45) is 0 Å². The standard InChI is InChI=1S/C56H46N2/c1-4-15-41(16-5-1)44-27-33-49(34-28-44)57(50-35-29-45(30-36-50)42-17-6-2-7-18-42)51-24-14-25-52(40-51)58(53-37-31-43-19-10-11-23-48(43)39-53)55-38-32-46-20-12-13-26-54(46)56(55)47-21-8-3-9-22-47/h1,3-5,8-16,19-40,42H,2,6-7,17-18H2. The highest BCUT2D eigenvalue weighted by Gasteiger charge is 2.22. The second kappa shape index (κ2) is 15.9. The van der Waals surface area contributed by atoms with Crippen molar-refractivity contribution >= 4 is 55.7 Å². The third-order valence-electron chi connectivity index (χ3n) is 12.0. The molecule has 2 nitrogen and oxygen atoms in total. The molecule has 0 saturated heterocycles. The summed E-state index contributed by atoms with van der Waals surface area (Å²) in [5, 5.41) is 4.88. The van der Waals surface area contributed by atoms with Gasteiger partial charge in [0.2, 0.25) is 0 Å². The molecule has 58 heavy (non-hydrogen) atoms. The van der Waals surface area contributed by atoms with Crippen molar-refractivity contribution in [1.82, 2.24) is 0 Å². The molecule has 0 atom stereocenters. The predicted molar refractivity (Wildman–Crippen MR) is 248 cm³/mol. The van der Waals surface area contributed by atoms with E-state index in [1.54, 1.807) is 0 Å². The van der Waals surface area contributed by atoms with Crippen LogP contribution in [0.1, 0.15) is 43.6 Å². The topological polar surface area (TPSA) is 6.48 Å². The van der Waals surface area contributed by atoms with E-state index in [-0.39, 0.29) is 0 Å². The molecule has 0 aliphatic heterocycles. The second-order valence-corrected chi connectivity index (χ2v) is 15.6. The number of rotatable bonds is 9. The van der Waals surface area contributed by atoms with E-state index in [0.29, 0.717) is 5.92 Å². The first-order chi connectivity index (χ1) is 28.8. The van der Waals surface area contributed by atoms with Crippen LogP contribution in [0.4, 0.5) is 34.1 Å². The van der Waals surface area contributed by atoms with Crippen LogP contribution in [-0.2, 0) is 0 Å². The van der Waals surface area contributed by atoms with Crippen LogP contribution < -0.4 is 9.80 Å². The summed E-state index contributed by atoms with van der Waals surface area (Å²) in [7, 11) is 0. The first kappa shape index (κ1) is 35.5. The van der Waals surface area contributed by atoms with Gasteiger partial charge in [0.15, 0.2) is 0 Å². The molecular weight excluding hydrogens is 701 g/mol. The molecule has 2 heteroatoms. The lowest BCUT2D eigenvalue weighted by Crippen LogP contribution is -2.14. The summed E-state index contributed by atoms with van der Waals surface area (Å²) in [6, 6.07) is 77.8. The lowest BCUT2D eigenvalue weighted by Gasteiger charge is -2.31. The van der Waals surface area contributed by atoms with Gasteiger partial charge < -0.3 is 9.80 Å². The van der Waals surface area contributed by atoms with E-state index in [0.717, 1.165) is 34.1 Å². The van der Waals surface area contributed by atoms with Crippen LogP contribution in [0.3, 0.4) is 0 Å². The second-order valence-electron chi connectivity index (χ2n) is 15.6. The molecule has 9 aromatic carbocycles. The molecule has 0 heterocycles. The van der Waals surface area contributed by atoms with Gasteiger partial charge in [-0.1, -0.05) is 171 Å². The van der Waals surface area contributed by atoms with Gasteiger partial charge in [-0.25, -0.2) is 0 Å². The minimum atomic E-state index is 0.654. The fraction of sp³-hybridized carbons (Fsp3) is 0.107. The number of fused-ring (bicyclic) bond motifs is 2. The zero-order valence-corrected chi connectivity index (χ0v) is 32.7. The molecule has 0 spiro atoms. The number of benzene rings is 9. The van der Waals surface area contributed by atoms with Crippen LogP contribution in [0.5, 0.6) is 0 Å². The van der Waals surface area contributed by atoms with Gasteiger partial charge in [-0.15, -0.1) is 0 Å². The van der Waals surface area contributed by atoms with Crippen molar-refractivity contribution in [2.75, 3.05) is 9.80 Å². The van der Waals surface area contributed by atoms with Crippen molar-refractivity contribution in [3.8, 4) is 22.3 Å². The van der Waals surface area contributed by atoms with E-state index in [4.69, 9.17) is 0 Å². The molecule has 1 fully saturated rings. The van der Waals surface area contributed by atoms with Crippen LogP contribution >= 0.6 is 0 Å². The highest BCUT2D eigenvalue weighted by molar-refractivity contribution is 6.06. The number of anilines is 6. The van der Waals surface area contributed by atoms with Crippen molar-refractivity contribution in [3.05, 3.63) is 218 Å². The van der Waals surface area contributed by atoms with Crippen LogP contribution in [0, 0.1) is 0 Å². The fourth-order valence-corrected chi connectivity index (χ4v) is 9.08. The summed E-state index contributed by atoms with van der Waals surface area (Å²) in [6.07, 6.45) is 6.60. The number of hydrogen-bond acceptors (Lipinski definition) is 2. The Hall–Kier alpha value is -6.90. The van der Waals surface area contributed by atoms with Crippen molar-refractivity contribution in [2.45, 2.75) is 38.0 Å². The SMILES string of the molecule is c1ccc(-c2ccc(N(c3ccc(C4CCCCC4)cc3)c3cccc(N(c4ccc5ccccc5c4)c4ccc5ccccc5c4-c4ccccc4)c3)cc2)cc1. The molecule has 0 aromatic heterocycles. The lowest BCUT2D eigenvalue weighted by molar-refractivity contribution is 0.443. The molecule has 0 amide bonds. The first-order valence-electron chi connectivity index (χ1n) is 20.8. The zero-order valence-electron chi connectivity index (χ0n) is 32.7. The molecule has 0 radical (unpaired) electrons. The third kappa shape index (κ3) is 7.03. The van der Waals surface area contributed by atoms with Gasteiger partial charge in [0.05, 0.1) is 5.69 Å². The maximum absolute atomic E-state index is 2.45. The van der Waals surface area contributed by atoms with E-state index < -0.39 is 0 Å². The summed E-state index contributed by atoms with van der Waals surface area (Å²) in [4.78, 5) is 4.87. The Bertz CT molecular complexity index is 2800. The largest absolute Gasteiger partial charge is 0.310 e. The maximum Gasteiger partial charge on any atom is 0.0546 e. The van der Waals surface area contributed by atoms with Gasteiger partial charge in [0.25, 0.3) is 0 Å². The van der Waals surface area contributed by atoms with Gasteiger partial charge in [-0.3, -0.25) is 0 Å². The smallest absolute Gasteiger partial charge is 0.0546 e. The van der Waals surface area contributed by atoms with E-state index in [9.17, 15) is 0 Å². The number of hydrogen-bond donors (Lipinski definition) is 0. The summed E-state index contributed by atoms with van der Waals surface area (Å²) in [5.41, 5.74) is 13.0. The summed E-state index contributed by atoms with van der Waals surface area (Å²) in [6.45, 7) is 0. The molecule has 0 N–H and O–H groups in total. The molecule has 0 unspecified atom stereocenters. The quantitative estimate of drug-likeness (QED) is 0.145. The van der Waals surface area contributed by atoms with Gasteiger partial charge in [-0.05, 0) is 123 Å². The minimum absolute atomic E-state index is 0.654. The Morgan fingerprint density at radius 1 is 0.328 bits per heavy atom. The minimum Gasteiger partial charge on any atom is -0.310 e. The van der Waals surface area contributed by atoms with Crippen LogP contribution in [0.2, 0.25) is 0 Å². The molecule has 1 aliphatic rings. The van der Waals surface area contributed by atoms with E-state index in [1.807, 2.05) is 0 Å².